The zero-order chi connectivity index (χ0) is 12.3. The monoisotopic (exact) mass is 352 g/mol. The molecule has 2 rings (SSSR count). The second-order valence-corrected chi connectivity index (χ2v) is 6.23. The van der Waals surface area contributed by atoms with Gasteiger partial charge >= 0.3 is 0 Å². The summed E-state index contributed by atoms with van der Waals surface area (Å²) in [7, 11) is 0. The van der Waals surface area contributed by atoms with Gasteiger partial charge in [-0.05, 0) is 52.7 Å². The van der Waals surface area contributed by atoms with Crippen LogP contribution in [-0.2, 0) is 0 Å². The molecular formula is C12H18BrClN2OS. The SMILES string of the molecule is Cl.NCC1CCCCC1NC(=O)c1sccc1Br. The number of hydrogen-bond donors (Lipinski definition) is 2. The van der Waals surface area contributed by atoms with Gasteiger partial charge in [0.1, 0.15) is 4.88 Å². The van der Waals surface area contributed by atoms with Crippen LogP contribution in [0.15, 0.2) is 15.9 Å². The van der Waals surface area contributed by atoms with Crippen LogP contribution in [0.1, 0.15) is 35.4 Å². The topological polar surface area (TPSA) is 55.1 Å². The van der Waals surface area contributed by atoms with Gasteiger partial charge in [0, 0.05) is 10.5 Å². The Kier molecular flexibility index (Phi) is 6.63. The summed E-state index contributed by atoms with van der Waals surface area (Å²) in [6.45, 7) is 0.663. The molecule has 1 saturated carbocycles. The predicted octanol–water partition coefficient (Wildman–Crippen LogP) is 3.18. The number of carbonyl (C=O) groups excluding carboxylic acids is 1. The van der Waals surface area contributed by atoms with Crippen molar-refractivity contribution in [1.82, 2.24) is 5.32 Å². The first-order chi connectivity index (χ1) is 8.22. The lowest BCUT2D eigenvalue weighted by molar-refractivity contribution is 0.0911. The van der Waals surface area contributed by atoms with Crippen molar-refractivity contribution >= 4 is 45.6 Å². The molecule has 2 atom stereocenters. The van der Waals surface area contributed by atoms with Gasteiger partial charge in [0.05, 0.1) is 0 Å². The highest BCUT2D eigenvalue weighted by Gasteiger charge is 2.26. The Bertz CT molecular complexity index is 399. The van der Waals surface area contributed by atoms with E-state index in [2.05, 4.69) is 21.2 Å². The second kappa shape index (κ2) is 7.48. The van der Waals surface area contributed by atoms with E-state index in [9.17, 15) is 4.79 Å². The molecule has 1 aliphatic rings. The molecule has 0 aromatic carbocycles. The Morgan fingerprint density at radius 3 is 2.83 bits per heavy atom. The van der Waals surface area contributed by atoms with Crippen molar-refractivity contribution in [2.45, 2.75) is 31.7 Å². The minimum atomic E-state index is 0. The minimum absolute atomic E-state index is 0. The van der Waals surface area contributed by atoms with Crippen LogP contribution in [0.5, 0.6) is 0 Å². The Labute approximate surface area is 126 Å². The van der Waals surface area contributed by atoms with E-state index >= 15 is 0 Å². The Hall–Kier alpha value is -0.100. The summed E-state index contributed by atoms with van der Waals surface area (Å²) in [5, 5.41) is 5.04. The molecule has 0 spiro atoms. The quantitative estimate of drug-likeness (QED) is 0.877. The van der Waals surface area contributed by atoms with Crippen LogP contribution < -0.4 is 11.1 Å². The van der Waals surface area contributed by atoms with E-state index in [-0.39, 0.29) is 24.4 Å². The molecule has 6 heteroatoms. The van der Waals surface area contributed by atoms with Gasteiger partial charge in [-0.3, -0.25) is 4.79 Å². The van der Waals surface area contributed by atoms with Crippen LogP contribution in [-0.4, -0.2) is 18.5 Å². The van der Waals surface area contributed by atoms with Crippen molar-refractivity contribution in [3.8, 4) is 0 Å². The summed E-state index contributed by atoms with van der Waals surface area (Å²) in [6, 6.07) is 2.15. The van der Waals surface area contributed by atoms with Gasteiger partial charge in [-0.15, -0.1) is 23.7 Å². The number of rotatable bonds is 3. The van der Waals surface area contributed by atoms with Gasteiger partial charge < -0.3 is 11.1 Å². The molecule has 1 aromatic rings. The Balaban J connectivity index is 0.00000162. The molecule has 0 aliphatic heterocycles. The second-order valence-electron chi connectivity index (χ2n) is 4.46. The molecule has 1 amide bonds. The fraction of sp³-hybridized carbons (Fsp3) is 0.583. The standard InChI is InChI=1S/C12H17BrN2OS.ClH/c13-9-5-6-17-11(9)12(16)15-10-4-2-1-3-8(10)7-14;/h5-6,8,10H,1-4,7,14H2,(H,15,16);1H. The van der Waals surface area contributed by atoms with Gasteiger partial charge in [-0.2, -0.15) is 0 Å². The Morgan fingerprint density at radius 2 is 2.22 bits per heavy atom. The highest BCUT2D eigenvalue weighted by molar-refractivity contribution is 9.10. The molecule has 18 heavy (non-hydrogen) atoms. The fourth-order valence-corrected chi connectivity index (χ4v) is 3.82. The molecular weight excluding hydrogens is 336 g/mol. The van der Waals surface area contributed by atoms with Crippen molar-refractivity contribution < 1.29 is 4.79 Å². The third-order valence-corrected chi connectivity index (χ3v) is 5.19. The largest absolute Gasteiger partial charge is 0.348 e. The molecule has 1 aromatic heterocycles. The normalized spacial score (nSPS) is 23.2. The van der Waals surface area contributed by atoms with Crippen LogP contribution in [0, 0.1) is 5.92 Å². The van der Waals surface area contributed by atoms with E-state index < -0.39 is 0 Å². The number of thiophene rings is 1. The molecule has 0 bridgehead atoms. The molecule has 1 aliphatic carbocycles. The summed E-state index contributed by atoms with van der Waals surface area (Å²) >= 11 is 4.85. The molecule has 3 nitrogen and oxygen atoms in total. The Morgan fingerprint density at radius 1 is 1.50 bits per heavy atom. The van der Waals surface area contributed by atoms with Gasteiger partial charge in [0.25, 0.3) is 5.91 Å². The zero-order valence-corrected chi connectivity index (χ0v) is 13.2. The molecule has 3 N–H and O–H groups in total. The van der Waals surface area contributed by atoms with E-state index in [1.165, 1.54) is 24.2 Å². The van der Waals surface area contributed by atoms with E-state index in [1.807, 2.05) is 11.4 Å². The number of carbonyl (C=O) groups is 1. The number of amides is 1. The number of nitrogens with one attached hydrogen (secondary N) is 1. The maximum atomic E-state index is 12.1. The van der Waals surface area contributed by atoms with E-state index in [0.29, 0.717) is 12.5 Å². The van der Waals surface area contributed by atoms with Gasteiger partial charge in [-0.1, -0.05) is 12.8 Å². The zero-order valence-electron chi connectivity index (χ0n) is 10.0. The van der Waals surface area contributed by atoms with Gasteiger partial charge in [-0.25, -0.2) is 0 Å². The predicted molar refractivity (Wildman–Crippen MR) is 81.5 cm³/mol. The average molecular weight is 354 g/mol. The summed E-state index contributed by atoms with van der Waals surface area (Å²) < 4.78 is 0.875. The van der Waals surface area contributed by atoms with Crippen LogP contribution in [0.4, 0.5) is 0 Å². The van der Waals surface area contributed by atoms with E-state index in [4.69, 9.17) is 5.73 Å². The van der Waals surface area contributed by atoms with Gasteiger partial charge in [0.15, 0.2) is 0 Å². The van der Waals surface area contributed by atoms with Crippen LogP contribution >= 0.6 is 39.7 Å². The minimum Gasteiger partial charge on any atom is -0.348 e. The first-order valence-corrected chi connectivity index (χ1v) is 7.63. The lowest BCUT2D eigenvalue weighted by atomic mass is 9.84. The van der Waals surface area contributed by atoms with Crippen molar-refractivity contribution in [3.63, 3.8) is 0 Å². The van der Waals surface area contributed by atoms with Crippen molar-refractivity contribution in [1.29, 1.82) is 0 Å². The third kappa shape index (κ3) is 3.70. The van der Waals surface area contributed by atoms with Crippen LogP contribution in [0.2, 0.25) is 0 Å². The molecule has 0 saturated heterocycles. The smallest absolute Gasteiger partial charge is 0.262 e. The lowest BCUT2D eigenvalue weighted by Gasteiger charge is -2.31. The fourth-order valence-electron chi connectivity index (χ4n) is 2.37. The number of halogens is 2. The molecule has 2 unspecified atom stereocenters. The highest BCUT2D eigenvalue weighted by Crippen LogP contribution is 2.26. The number of hydrogen-bond acceptors (Lipinski definition) is 3. The summed E-state index contributed by atoms with van der Waals surface area (Å²) in [6.07, 6.45) is 4.60. The summed E-state index contributed by atoms with van der Waals surface area (Å²) in [5.41, 5.74) is 5.76. The lowest BCUT2D eigenvalue weighted by Crippen LogP contribution is -2.44. The van der Waals surface area contributed by atoms with E-state index in [0.717, 1.165) is 22.2 Å². The summed E-state index contributed by atoms with van der Waals surface area (Å²) in [4.78, 5) is 12.8. The molecule has 1 heterocycles. The first kappa shape index (κ1) is 16.0. The first-order valence-electron chi connectivity index (χ1n) is 5.96. The van der Waals surface area contributed by atoms with Crippen LogP contribution in [0.25, 0.3) is 0 Å². The molecule has 1 fully saturated rings. The van der Waals surface area contributed by atoms with Gasteiger partial charge in [0.2, 0.25) is 0 Å². The highest BCUT2D eigenvalue weighted by atomic mass is 79.9. The maximum Gasteiger partial charge on any atom is 0.262 e. The molecule has 102 valence electrons. The number of nitrogens with two attached hydrogens (primary N) is 1. The summed E-state index contributed by atoms with van der Waals surface area (Å²) in [5.74, 6) is 0.462. The average Bonchev–Trinajstić information content (AvgIpc) is 2.76. The third-order valence-electron chi connectivity index (χ3n) is 3.35. The maximum absolute atomic E-state index is 12.1. The van der Waals surface area contributed by atoms with Crippen molar-refractivity contribution in [2.24, 2.45) is 11.7 Å². The van der Waals surface area contributed by atoms with Crippen molar-refractivity contribution in [3.05, 3.63) is 20.8 Å². The van der Waals surface area contributed by atoms with Crippen LogP contribution in [0.3, 0.4) is 0 Å². The van der Waals surface area contributed by atoms with E-state index in [1.54, 1.807) is 0 Å². The van der Waals surface area contributed by atoms with Crippen molar-refractivity contribution in [2.75, 3.05) is 6.54 Å². The molecule has 0 radical (unpaired) electrons.